The van der Waals surface area contributed by atoms with Gasteiger partial charge in [-0.25, -0.2) is 0 Å². The van der Waals surface area contributed by atoms with Crippen molar-refractivity contribution in [1.82, 2.24) is 0 Å². The van der Waals surface area contributed by atoms with E-state index in [1.54, 1.807) is 13.8 Å². The van der Waals surface area contributed by atoms with Crippen LogP contribution in [0.5, 0.6) is 0 Å². The highest BCUT2D eigenvalue weighted by atomic mass is 16.6. The topological polar surface area (TPSA) is 43.4 Å². The van der Waals surface area contributed by atoms with E-state index in [2.05, 4.69) is 20.4 Å². The number of Topliss-reactive ketones (excluding diaryl/α,β-unsaturated/α-hetero) is 1. The van der Waals surface area contributed by atoms with Gasteiger partial charge in [0, 0.05) is 5.41 Å². The minimum Gasteiger partial charge on any atom is -0.454 e. The van der Waals surface area contributed by atoms with E-state index in [0.29, 0.717) is 0 Å². The van der Waals surface area contributed by atoms with Crippen molar-refractivity contribution < 1.29 is 14.3 Å². The largest absolute Gasteiger partial charge is 0.454 e. The van der Waals surface area contributed by atoms with Crippen LogP contribution in [0.25, 0.3) is 0 Å². The van der Waals surface area contributed by atoms with Crippen LogP contribution in [0.15, 0.2) is 36.4 Å². The maximum atomic E-state index is 12.8. The molecule has 0 N–H and O–H groups in total. The predicted molar refractivity (Wildman–Crippen MR) is 107 cm³/mol. The lowest BCUT2D eigenvalue weighted by atomic mass is 9.74. The fourth-order valence-electron chi connectivity index (χ4n) is 2.75. The Morgan fingerprint density at radius 3 is 2.00 bits per heavy atom. The quantitative estimate of drug-likeness (QED) is 0.289. The van der Waals surface area contributed by atoms with Gasteiger partial charge in [-0.2, -0.15) is 0 Å². The van der Waals surface area contributed by atoms with Gasteiger partial charge in [-0.3, -0.25) is 9.59 Å². The number of carbonyl (C=O) groups excluding carboxylic acids is 2. The number of ether oxygens (including phenoxy) is 1. The standard InChI is InChI=1S/C22H31BO3/c1-15(2)20(3,4)16-11-9-10-12-17(16)22(7,8)26-19(25)21(5,6)18(24)13-14-23/h9-12H,1,13-14H2,2-8H3. The molecule has 0 unspecified atom stereocenters. The normalized spacial score (nSPS) is 12.6. The first-order valence-electron chi connectivity index (χ1n) is 9.01. The zero-order valence-corrected chi connectivity index (χ0v) is 17.2. The molecule has 1 aromatic rings. The summed E-state index contributed by atoms with van der Waals surface area (Å²) in [5.74, 6) is -0.750. The minimum atomic E-state index is -1.23. The number of hydrogen-bond donors (Lipinski definition) is 0. The molecule has 1 rings (SSSR count). The first-order chi connectivity index (χ1) is 11.8. The van der Waals surface area contributed by atoms with Crippen LogP contribution >= 0.6 is 0 Å². The van der Waals surface area contributed by atoms with Gasteiger partial charge in [0.05, 0.1) is 7.85 Å². The summed E-state index contributed by atoms with van der Waals surface area (Å²) in [7, 11) is 5.46. The Balaban J connectivity index is 3.26. The van der Waals surface area contributed by atoms with Gasteiger partial charge in [0.1, 0.15) is 16.8 Å². The second-order valence-corrected chi connectivity index (χ2v) is 8.44. The average molecular weight is 354 g/mol. The molecule has 0 heterocycles. The Bertz CT molecular complexity index is 699. The molecule has 0 aliphatic rings. The highest BCUT2D eigenvalue weighted by Crippen LogP contribution is 2.39. The van der Waals surface area contributed by atoms with Crippen LogP contribution in [-0.4, -0.2) is 19.6 Å². The number of ketones is 1. The SMILES string of the molecule is [B]CCC(=O)C(C)(C)C(=O)OC(C)(C)c1ccccc1C(C)(C)C(=C)C. The van der Waals surface area contributed by atoms with E-state index in [0.717, 1.165) is 16.7 Å². The van der Waals surface area contributed by atoms with E-state index >= 15 is 0 Å². The van der Waals surface area contributed by atoms with Crippen LogP contribution < -0.4 is 0 Å². The van der Waals surface area contributed by atoms with Crippen molar-refractivity contribution in [3.8, 4) is 0 Å². The lowest BCUT2D eigenvalue weighted by Crippen LogP contribution is -2.40. The van der Waals surface area contributed by atoms with E-state index in [-0.39, 0.29) is 23.9 Å². The van der Waals surface area contributed by atoms with Crippen LogP contribution in [0, 0.1) is 5.41 Å². The number of allylic oxidation sites excluding steroid dienone is 1. The number of hydrogen-bond acceptors (Lipinski definition) is 3. The van der Waals surface area contributed by atoms with Gasteiger partial charge in [-0.05, 0) is 52.2 Å². The number of esters is 1. The second kappa shape index (κ2) is 7.81. The molecule has 0 bridgehead atoms. The number of benzene rings is 1. The molecule has 0 saturated carbocycles. The summed E-state index contributed by atoms with van der Waals surface area (Å²) >= 11 is 0. The van der Waals surface area contributed by atoms with Crippen molar-refractivity contribution in [2.75, 3.05) is 0 Å². The Labute approximate surface area is 159 Å². The number of carbonyl (C=O) groups is 2. The monoisotopic (exact) mass is 354 g/mol. The van der Waals surface area contributed by atoms with E-state index in [4.69, 9.17) is 12.6 Å². The molecule has 26 heavy (non-hydrogen) atoms. The van der Waals surface area contributed by atoms with Gasteiger partial charge in [-0.15, -0.1) is 0 Å². The molecule has 140 valence electrons. The van der Waals surface area contributed by atoms with E-state index in [9.17, 15) is 9.59 Å². The smallest absolute Gasteiger partial charge is 0.319 e. The van der Waals surface area contributed by atoms with Gasteiger partial charge in [-0.1, -0.05) is 56.6 Å². The molecular weight excluding hydrogens is 323 g/mol. The molecule has 0 atom stereocenters. The Hall–Kier alpha value is -1.84. The lowest BCUT2D eigenvalue weighted by molar-refractivity contribution is -0.170. The molecule has 0 fully saturated rings. The van der Waals surface area contributed by atoms with Crippen molar-refractivity contribution in [3.05, 3.63) is 47.5 Å². The molecule has 0 saturated heterocycles. The third-order valence-corrected chi connectivity index (χ3v) is 5.24. The second-order valence-electron chi connectivity index (χ2n) is 8.44. The summed E-state index contributed by atoms with van der Waals surface area (Å²) < 4.78 is 5.84. The van der Waals surface area contributed by atoms with E-state index in [1.807, 2.05) is 45.0 Å². The summed E-state index contributed by atoms with van der Waals surface area (Å²) in [6, 6.07) is 7.89. The maximum absolute atomic E-state index is 12.8. The fourth-order valence-corrected chi connectivity index (χ4v) is 2.75. The molecule has 3 nitrogen and oxygen atoms in total. The number of rotatable bonds is 8. The van der Waals surface area contributed by atoms with E-state index < -0.39 is 17.0 Å². The zero-order chi connectivity index (χ0) is 20.3. The summed E-state index contributed by atoms with van der Waals surface area (Å²) in [4.78, 5) is 25.0. The van der Waals surface area contributed by atoms with Crippen molar-refractivity contribution in [3.63, 3.8) is 0 Å². The first-order valence-corrected chi connectivity index (χ1v) is 9.01. The van der Waals surface area contributed by atoms with Crippen LogP contribution in [0.1, 0.15) is 66.0 Å². The fraction of sp³-hybridized carbons (Fsp3) is 0.545. The molecular formula is C22H31BO3. The molecule has 0 aliphatic carbocycles. The van der Waals surface area contributed by atoms with Gasteiger partial charge < -0.3 is 4.74 Å². The van der Waals surface area contributed by atoms with Crippen LogP contribution in [-0.2, 0) is 25.3 Å². The summed E-state index contributed by atoms with van der Waals surface area (Å²) in [6.07, 6.45) is 0.371. The van der Waals surface area contributed by atoms with Crippen LogP contribution in [0.3, 0.4) is 0 Å². The lowest BCUT2D eigenvalue weighted by Gasteiger charge is -2.36. The molecule has 1 aromatic carbocycles. The predicted octanol–water partition coefficient (Wildman–Crippen LogP) is 4.89. The summed E-state index contributed by atoms with van der Waals surface area (Å²) in [6.45, 7) is 17.2. The van der Waals surface area contributed by atoms with Crippen molar-refractivity contribution >= 4 is 19.6 Å². The van der Waals surface area contributed by atoms with Gasteiger partial charge in [0.25, 0.3) is 0 Å². The summed E-state index contributed by atoms with van der Waals surface area (Å²) in [5, 5.41) is 0. The molecule has 0 aromatic heterocycles. The van der Waals surface area contributed by atoms with E-state index in [1.165, 1.54) is 0 Å². The highest BCUT2D eigenvalue weighted by molar-refractivity contribution is 6.12. The Morgan fingerprint density at radius 2 is 1.54 bits per heavy atom. The molecule has 4 heteroatoms. The Kier molecular flexibility index (Phi) is 6.67. The highest BCUT2D eigenvalue weighted by Gasteiger charge is 2.41. The maximum Gasteiger partial charge on any atom is 0.319 e. The third kappa shape index (κ3) is 4.46. The molecule has 2 radical (unpaired) electrons. The van der Waals surface area contributed by atoms with Crippen LogP contribution in [0.4, 0.5) is 0 Å². The third-order valence-electron chi connectivity index (χ3n) is 5.24. The first kappa shape index (κ1) is 22.2. The van der Waals surface area contributed by atoms with Gasteiger partial charge >= 0.3 is 5.97 Å². The molecule has 0 spiro atoms. The summed E-state index contributed by atoms with van der Waals surface area (Å²) in [5.41, 5.74) is 0.590. The van der Waals surface area contributed by atoms with Gasteiger partial charge in [0.15, 0.2) is 0 Å². The molecule has 0 aliphatic heterocycles. The average Bonchev–Trinajstić information content (AvgIpc) is 2.54. The van der Waals surface area contributed by atoms with Gasteiger partial charge in [0.2, 0.25) is 0 Å². The Morgan fingerprint density at radius 1 is 1.04 bits per heavy atom. The molecule has 0 amide bonds. The minimum absolute atomic E-state index is 0.155. The zero-order valence-electron chi connectivity index (χ0n) is 17.2. The van der Waals surface area contributed by atoms with Crippen LogP contribution in [0.2, 0.25) is 6.32 Å². The van der Waals surface area contributed by atoms with Crippen molar-refractivity contribution in [2.45, 2.75) is 72.2 Å². The van der Waals surface area contributed by atoms with Crippen molar-refractivity contribution in [2.24, 2.45) is 5.41 Å². The van der Waals surface area contributed by atoms with Crippen molar-refractivity contribution in [1.29, 1.82) is 0 Å².